The summed E-state index contributed by atoms with van der Waals surface area (Å²) in [6.45, 7) is 32.5. The van der Waals surface area contributed by atoms with Crippen LogP contribution in [-0.4, -0.2) is 11.4 Å². The third-order valence-electron chi connectivity index (χ3n) is 19.6. The Kier molecular flexibility index (Phi) is 10.7. The van der Waals surface area contributed by atoms with Crippen molar-refractivity contribution < 1.29 is 4.42 Å². The zero-order valence-electron chi connectivity index (χ0n) is 51.6. The second kappa shape index (κ2) is 17.4. The van der Waals surface area contributed by atoms with Crippen molar-refractivity contribution in [2.75, 3.05) is 9.71 Å². The molecule has 0 saturated carbocycles. The number of rotatable bonds is 4. The Labute approximate surface area is 504 Å². The first-order chi connectivity index (χ1) is 40.4. The van der Waals surface area contributed by atoms with E-state index in [4.69, 9.17) is 4.42 Å². The Balaban J connectivity index is 1.02. The normalized spacial score (nSPS) is 14.5. The van der Waals surface area contributed by atoms with Crippen LogP contribution in [0.15, 0.2) is 186 Å². The number of fused-ring (bicyclic) bond motifs is 19. The molecule has 10 aromatic carbocycles. The minimum absolute atomic E-state index is 0.0169. The Morgan fingerprint density at radius 3 is 1.69 bits per heavy atom. The number of furan rings is 1. The van der Waals surface area contributed by atoms with Crippen molar-refractivity contribution in [3.63, 3.8) is 0 Å². The van der Waals surface area contributed by atoms with Gasteiger partial charge in [0.2, 0.25) is 0 Å². The molecule has 0 fully saturated rings. The molecule has 1 aliphatic carbocycles. The van der Waals surface area contributed by atoms with Crippen molar-refractivity contribution in [3.05, 3.63) is 215 Å². The summed E-state index contributed by atoms with van der Waals surface area (Å²) in [5.74, 6) is 0. The van der Waals surface area contributed by atoms with Crippen LogP contribution in [0.25, 0.3) is 91.9 Å². The highest BCUT2D eigenvalue weighted by Gasteiger charge is 2.50. The summed E-state index contributed by atoms with van der Waals surface area (Å²) in [7, 11) is 0. The molecule has 13 aromatic rings. The van der Waals surface area contributed by atoms with Gasteiger partial charge in [-0.3, -0.25) is 0 Å². The molecule has 5 heterocycles. The molecular formula is C79H72BN3OS. The summed E-state index contributed by atoms with van der Waals surface area (Å²) < 4.78 is 12.2. The van der Waals surface area contributed by atoms with Gasteiger partial charge in [-0.1, -0.05) is 188 Å². The standard InChI is InChI=1S/C79H72BN3OS/c1-75(2,3)45-23-30-49(31-24-45)81(50-32-25-46(26-33-50)76(4,5)6)52-36-37-54-57-42-63-59(43-68(57)85-67(54)40-52)70-69-55-20-15-17-21-60(55)79(13,14)72(69)71-58-39-48(78(10,11)12)29-38-62(58)82-64-41-56-53-19-16-18-22-65(53)84-66(56)44-61(64)80(73(70)74(71)82)83(63)51-34-27-47(28-35-51)77(7,8)9/h15-44H,1-14H3. The topological polar surface area (TPSA) is 24.6 Å². The molecule has 418 valence electrons. The Bertz CT molecular complexity index is 4940. The molecule has 4 nitrogen and oxygen atoms in total. The van der Waals surface area contributed by atoms with Crippen LogP contribution in [0.4, 0.5) is 28.4 Å². The molecule has 3 aromatic heterocycles. The van der Waals surface area contributed by atoms with E-state index in [2.05, 4.69) is 293 Å². The van der Waals surface area contributed by atoms with Crippen LogP contribution < -0.4 is 20.6 Å². The molecule has 2 aliphatic heterocycles. The highest BCUT2D eigenvalue weighted by molar-refractivity contribution is 7.26. The quantitative estimate of drug-likeness (QED) is 0.164. The van der Waals surface area contributed by atoms with E-state index in [1.54, 1.807) is 0 Å². The summed E-state index contributed by atoms with van der Waals surface area (Å²) in [6.07, 6.45) is 0. The number of benzene rings is 10. The van der Waals surface area contributed by atoms with Crippen LogP contribution in [0.5, 0.6) is 0 Å². The molecular weight excluding hydrogens is 1050 g/mol. The molecule has 0 spiro atoms. The molecule has 0 saturated heterocycles. The molecule has 85 heavy (non-hydrogen) atoms. The highest BCUT2D eigenvalue weighted by Crippen LogP contribution is 2.60. The zero-order valence-corrected chi connectivity index (χ0v) is 52.4. The number of nitrogens with zero attached hydrogens (tertiary/aromatic N) is 3. The fourth-order valence-corrected chi connectivity index (χ4v) is 16.2. The fraction of sp³-hybridized carbons (Fsp3) is 0.241. The van der Waals surface area contributed by atoms with Gasteiger partial charge in [0.05, 0.1) is 11.0 Å². The summed E-state index contributed by atoms with van der Waals surface area (Å²) in [5.41, 5.74) is 27.1. The minimum atomic E-state index is -0.303. The summed E-state index contributed by atoms with van der Waals surface area (Å²) in [6, 6.07) is 70.5. The lowest BCUT2D eigenvalue weighted by Gasteiger charge is -2.43. The smallest absolute Gasteiger partial charge is 0.333 e. The second-order valence-corrected chi connectivity index (χ2v) is 30.5. The molecule has 3 aliphatic rings. The molecule has 0 atom stereocenters. The van der Waals surface area contributed by atoms with E-state index >= 15 is 0 Å². The molecule has 6 heteroatoms. The summed E-state index contributed by atoms with van der Waals surface area (Å²) in [5, 5.41) is 7.50. The van der Waals surface area contributed by atoms with E-state index in [9.17, 15) is 0 Å². The van der Waals surface area contributed by atoms with Crippen LogP contribution in [0, 0.1) is 0 Å². The Morgan fingerprint density at radius 2 is 1.04 bits per heavy atom. The molecule has 0 amide bonds. The maximum Gasteiger partial charge on any atom is 0.333 e. The predicted molar refractivity (Wildman–Crippen MR) is 367 cm³/mol. The summed E-state index contributed by atoms with van der Waals surface area (Å²) >= 11 is 1.92. The third-order valence-corrected chi connectivity index (χ3v) is 20.7. The maximum absolute atomic E-state index is 6.94. The van der Waals surface area contributed by atoms with Gasteiger partial charge in [-0.05, 0) is 174 Å². The first-order valence-corrected chi connectivity index (χ1v) is 31.4. The van der Waals surface area contributed by atoms with E-state index < -0.39 is 0 Å². The van der Waals surface area contributed by atoms with E-state index in [-0.39, 0.29) is 33.9 Å². The van der Waals surface area contributed by atoms with E-state index in [1.807, 2.05) is 11.3 Å². The van der Waals surface area contributed by atoms with Crippen molar-refractivity contribution in [1.82, 2.24) is 4.57 Å². The van der Waals surface area contributed by atoms with E-state index in [0.29, 0.717) is 0 Å². The van der Waals surface area contributed by atoms with Crippen LogP contribution in [0.3, 0.4) is 0 Å². The number of thiophene rings is 1. The number of aromatic nitrogens is 1. The number of hydrogen-bond acceptors (Lipinski definition) is 4. The lowest BCUT2D eigenvalue weighted by molar-refractivity contribution is 0.590. The largest absolute Gasteiger partial charge is 0.456 e. The van der Waals surface area contributed by atoms with E-state index in [0.717, 1.165) is 39.0 Å². The SMILES string of the molecule is CC(C)(C)c1ccc(N2B3c4cc5oc6ccccc6c5cc4-n4c5ccc(C(C)(C)C)cc5c5c6c(c(c3c54)-c3cc4sc5cc(N(c7ccc(C(C)(C)C)cc7)c7ccc(C(C)(C)C)cc7)ccc5c4cc32)-c2ccccc2C6(C)C)cc1. The van der Waals surface area contributed by atoms with Gasteiger partial charge in [-0.25, -0.2) is 0 Å². The maximum atomic E-state index is 6.94. The van der Waals surface area contributed by atoms with Crippen molar-refractivity contribution in [2.45, 2.75) is 124 Å². The minimum Gasteiger partial charge on any atom is -0.456 e. The first-order valence-electron chi connectivity index (χ1n) is 30.6. The van der Waals surface area contributed by atoms with E-state index in [1.165, 1.54) is 126 Å². The lowest BCUT2D eigenvalue weighted by atomic mass is 9.43. The van der Waals surface area contributed by atoms with Gasteiger partial charge in [-0.15, -0.1) is 11.3 Å². The van der Waals surface area contributed by atoms with Crippen molar-refractivity contribution in [1.29, 1.82) is 0 Å². The van der Waals surface area contributed by atoms with Crippen molar-refractivity contribution in [2.24, 2.45) is 0 Å². The number of para-hydroxylation sites is 1. The third kappa shape index (κ3) is 7.52. The van der Waals surface area contributed by atoms with Crippen molar-refractivity contribution >= 4 is 121 Å². The fourth-order valence-electron chi connectivity index (χ4n) is 15.0. The highest BCUT2D eigenvalue weighted by atomic mass is 32.1. The van der Waals surface area contributed by atoms with Crippen LogP contribution >= 0.6 is 11.3 Å². The predicted octanol–water partition coefficient (Wildman–Crippen LogP) is 21.3. The molecule has 0 N–H and O–H groups in total. The number of hydrogen-bond donors (Lipinski definition) is 0. The monoisotopic (exact) mass is 1120 g/mol. The molecule has 0 bridgehead atoms. The zero-order chi connectivity index (χ0) is 58.8. The van der Waals surface area contributed by atoms with Gasteiger partial charge in [0.1, 0.15) is 11.2 Å². The summed E-state index contributed by atoms with van der Waals surface area (Å²) in [4.78, 5) is 5.17. The number of anilines is 5. The molecule has 0 unspecified atom stereocenters. The van der Waals surface area contributed by atoms with Gasteiger partial charge in [0.25, 0.3) is 0 Å². The van der Waals surface area contributed by atoms with Gasteiger partial charge < -0.3 is 18.7 Å². The Morgan fingerprint density at radius 1 is 0.459 bits per heavy atom. The van der Waals surface area contributed by atoms with Gasteiger partial charge in [-0.2, -0.15) is 0 Å². The average molecular weight is 1120 g/mol. The average Bonchev–Trinajstić information content (AvgIpc) is 1.69. The first kappa shape index (κ1) is 52.3. The molecule has 0 radical (unpaired) electrons. The van der Waals surface area contributed by atoms with Crippen LogP contribution in [-0.2, 0) is 27.1 Å². The van der Waals surface area contributed by atoms with Crippen LogP contribution in [0.2, 0.25) is 0 Å². The van der Waals surface area contributed by atoms with Crippen LogP contribution in [0.1, 0.15) is 130 Å². The van der Waals surface area contributed by atoms with Gasteiger partial charge in [0.15, 0.2) is 0 Å². The van der Waals surface area contributed by atoms with Gasteiger partial charge >= 0.3 is 6.85 Å². The molecule has 16 rings (SSSR count). The Hall–Kier alpha value is -8.32. The van der Waals surface area contributed by atoms with Gasteiger partial charge in [0, 0.05) is 86.8 Å². The second-order valence-electron chi connectivity index (χ2n) is 29.4. The van der Waals surface area contributed by atoms with Crippen molar-refractivity contribution in [3.8, 4) is 27.9 Å². The lowest BCUT2D eigenvalue weighted by Crippen LogP contribution is -2.60.